The standard InChI is InChI=1S/C13H15NO3/c15-6-5-14-11(16)9-7-1-2-8(10(9)12(14)17)13(7)3-4-13/h1-2,7-10,15H,3-6H2/t7-,8-,9-,10+/m1/s1. The van der Waals surface area contributed by atoms with Crippen molar-refractivity contribution in [1.82, 2.24) is 4.90 Å². The van der Waals surface area contributed by atoms with Gasteiger partial charge in [-0.05, 0) is 30.1 Å². The Kier molecular flexibility index (Phi) is 1.62. The third-order valence-electron chi connectivity index (χ3n) is 5.27. The molecule has 3 fully saturated rings. The van der Waals surface area contributed by atoms with E-state index in [-0.39, 0.29) is 54.1 Å². The molecule has 0 radical (unpaired) electrons. The Bertz CT molecular complexity index is 418. The van der Waals surface area contributed by atoms with E-state index in [1.54, 1.807) is 0 Å². The molecule has 4 aliphatic rings. The molecule has 90 valence electrons. The molecule has 4 heteroatoms. The topological polar surface area (TPSA) is 57.6 Å². The summed E-state index contributed by atoms with van der Waals surface area (Å²) >= 11 is 0. The van der Waals surface area contributed by atoms with Crippen molar-refractivity contribution in [3.63, 3.8) is 0 Å². The highest BCUT2D eigenvalue weighted by atomic mass is 16.3. The molecule has 2 amide bonds. The zero-order valence-corrected chi connectivity index (χ0v) is 9.50. The van der Waals surface area contributed by atoms with Crippen LogP contribution in [0.3, 0.4) is 0 Å². The van der Waals surface area contributed by atoms with E-state index in [1.165, 1.54) is 17.7 Å². The van der Waals surface area contributed by atoms with Gasteiger partial charge in [0.1, 0.15) is 0 Å². The second-order valence-corrected chi connectivity index (χ2v) is 5.77. The number of aliphatic hydroxyl groups excluding tert-OH is 1. The van der Waals surface area contributed by atoms with Crippen LogP contribution in [0.15, 0.2) is 12.2 Å². The van der Waals surface area contributed by atoms with Crippen LogP contribution in [0.1, 0.15) is 12.8 Å². The van der Waals surface area contributed by atoms with Gasteiger partial charge in [0.05, 0.1) is 25.0 Å². The molecular formula is C13H15NO3. The van der Waals surface area contributed by atoms with Crippen molar-refractivity contribution >= 4 is 11.8 Å². The molecule has 2 saturated carbocycles. The lowest BCUT2D eigenvalue weighted by atomic mass is 9.85. The molecule has 1 spiro atoms. The number of β-amino-alcohol motifs (C(OH)–C–C–N with tert-alkyl or cyclic N) is 1. The fourth-order valence-electron chi connectivity index (χ4n) is 4.46. The minimum Gasteiger partial charge on any atom is -0.395 e. The molecule has 4 atom stereocenters. The number of imide groups is 1. The average Bonchev–Trinajstić information content (AvgIpc) is 2.93. The zero-order chi connectivity index (χ0) is 11.8. The summed E-state index contributed by atoms with van der Waals surface area (Å²) in [7, 11) is 0. The average molecular weight is 233 g/mol. The molecule has 2 bridgehead atoms. The summed E-state index contributed by atoms with van der Waals surface area (Å²) in [5, 5.41) is 8.93. The fraction of sp³-hybridized carbons (Fsp3) is 0.692. The van der Waals surface area contributed by atoms with Crippen LogP contribution in [0.5, 0.6) is 0 Å². The van der Waals surface area contributed by atoms with Gasteiger partial charge in [0.2, 0.25) is 11.8 Å². The maximum absolute atomic E-state index is 12.3. The van der Waals surface area contributed by atoms with Crippen molar-refractivity contribution in [2.24, 2.45) is 29.1 Å². The smallest absolute Gasteiger partial charge is 0.233 e. The van der Waals surface area contributed by atoms with Crippen LogP contribution >= 0.6 is 0 Å². The number of aliphatic hydroxyl groups is 1. The summed E-state index contributed by atoms with van der Waals surface area (Å²) in [6.07, 6.45) is 6.66. The molecule has 1 saturated heterocycles. The van der Waals surface area contributed by atoms with Crippen molar-refractivity contribution < 1.29 is 14.7 Å². The minimum absolute atomic E-state index is 0.0443. The van der Waals surface area contributed by atoms with E-state index in [1.807, 2.05) is 0 Å². The Balaban J connectivity index is 1.74. The Morgan fingerprint density at radius 1 is 1.18 bits per heavy atom. The summed E-state index contributed by atoms with van der Waals surface area (Å²) in [5.74, 6) is 0.253. The lowest BCUT2D eigenvalue weighted by Gasteiger charge is -2.20. The highest BCUT2D eigenvalue weighted by Gasteiger charge is 2.73. The number of allylic oxidation sites excluding steroid dienone is 2. The number of rotatable bonds is 2. The second kappa shape index (κ2) is 2.80. The number of carbonyl (C=O) groups is 2. The van der Waals surface area contributed by atoms with E-state index >= 15 is 0 Å². The van der Waals surface area contributed by atoms with Crippen LogP contribution in [0, 0.1) is 29.1 Å². The number of fused-ring (bicyclic) bond motifs is 3. The summed E-state index contributed by atoms with van der Waals surface area (Å²) in [4.78, 5) is 25.8. The first kappa shape index (κ1) is 9.83. The molecule has 0 aromatic heterocycles. The largest absolute Gasteiger partial charge is 0.395 e. The Hall–Kier alpha value is -1.16. The number of carbonyl (C=O) groups excluding carboxylic acids is 2. The molecule has 3 aliphatic carbocycles. The molecule has 0 unspecified atom stereocenters. The van der Waals surface area contributed by atoms with E-state index in [0.29, 0.717) is 0 Å². The summed E-state index contributed by atoms with van der Waals surface area (Å²) in [6.45, 7) is 0.0297. The maximum atomic E-state index is 12.3. The summed E-state index contributed by atoms with van der Waals surface area (Å²) in [6, 6.07) is 0. The van der Waals surface area contributed by atoms with Gasteiger partial charge in [-0.15, -0.1) is 0 Å². The number of nitrogens with zero attached hydrogens (tertiary/aromatic N) is 1. The van der Waals surface area contributed by atoms with Gasteiger partial charge in [-0.25, -0.2) is 0 Å². The van der Waals surface area contributed by atoms with E-state index in [2.05, 4.69) is 12.2 Å². The first-order chi connectivity index (χ1) is 8.20. The van der Waals surface area contributed by atoms with Crippen molar-refractivity contribution in [2.45, 2.75) is 12.8 Å². The molecule has 4 nitrogen and oxygen atoms in total. The molecular weight excluding hydrogens is 218 g/mol. The monoisotopic (exact) mass is 233 g/mol. The van der Waals surface area contributed by atoms with Crippen LogP contribution in [0.2, 0.25) is 0 Å². The van der Waals surface area contributed by atoms with Gasteiger partial charge in [0.25, 0.3) is 0 Å². The van der Waals surface area contributed by atoms with E-state index in [9.17, 15) is 9.59 Å². The van der Waals surface area contributed by atoms with Gasteiger partial charge < -0.3 is 5.11 Å². The number of hydrogen-bond donors (Lipinski definition) is 1. The molecule has 4 rings (SSSR count). The molecule has 1 N–H and O–H groups in total. The molecule has 1 aliphatic heterocycles. The minimum atomic E-state index is -0.134. The highest BCUT2D eigenvalue weighted by Crippen LogP contribution is 2.73. The van der Waals surface area contributed by atoms with Crippen molar-refractivity contribution in [3.8, 4) is 0 Å². The van der Waals surface area contributed by atoms with E-state index in [0.717, 1.165) is 0 Å². The Morgan fingerprint density at radius 2 is 1.71 bits per heavy atom. The van der Waals surface area contributed by atoms with Crippen LogP contribution in [-0.2, 0) is 9.59 Å². The SMILES string of the molecule is O=C1[C@@H]2[C@H](C(=O)N1CCO)[C@H]1C=C[C@H]2C12CC2. The van der Waals surface area contributed by atoms with Crippen LogP contribution in [-0.4, -0.2) is 35.0 Å². The molecule has 0 aromatic rings. The van der Waals surface area contributed by atoms with Crippen molar-refractivity contribution in [2.75, 3.05) is 13.2 Å². The lowest BCUT2D eigenvalue weighted by molar-refractivity contribution is -0.141. The second-order valence-electron chi connectivity index (χ2n) is 5.77. The molecule has 0 aromatic carbocycles. The molecule has 17 heavy (non-hydrogen) atoms. The third kappa shape index (κ3) is 0.910. The van der Waals surface area contributed by atoms with Gasteiger partial charge in [-0.2, -0.15) is 0 Å². The van der Waals surface area contributed by atoms with Gasteiger partial charge in [-0.1, -0.05) is 12.2 Å². The summed E-state index contributed by atoms with van der Waals surface area (Å²) in [5.41, 5.74) is 0.270. The zero-order valence-electron chi connectivity index (χ0n) is 9.50. The van der Waals surface area contributed by atoms with Gasteiger partial charge in [0, 0.05) is 0 Å². The highest BCUT2D eigenvalue weighted by molar-refractivity contribution is 6.06. The quantitative estimate of drug-likeness (QED) is 0.546. The normalized spacial score (nSPS) is 43.9. The predicted octanol–water partition coefficient (Wildman–Crippen LogP) is 0.176. The van der Waals surface area contributed by atoms with Gasteiger partial charge >= 0.3 is 0 Å². The third-order valence-corrected chi connectivity index (χ3v) is 5.27. The first-order valence-electron chi connectivity index (χ1n) is 6.35. The maximum Gasteiger partial charge on any atom is 0.233 e. The number of hydrogen-bond acceptors (Lipinski definition) is 3. The fourth-order valence-corrected chi connectivity index (χ4v) is 4.46. The summed E-state index contributed by atoms with van der Waals surface area (Å²) < 4.78 is 0. The van der Waals surface area contributed by atoms with Crippen LogP contribution < -0.4 is 0 Å². The van der Waals surface area contributed by atoms with Crippen molar-refractivity contribution in [3.05, 3.63) is 12.2 Å². The number of likely N-dealkylation sites (tertiary alicyclic amines) is 1. The van der Waals surface area contributed by atoms with Crippen LogP contribution in [0.4, 0.5) is 0 Å². The van der Waals surface area contributed by atoms with Crippen LogP contribution in [0.25, 0.3) is 0 Å². The van der Waals surface area contributed by atoms with E-state index < -0.39 is 0 Å². The van der Waals surface area contributed by atoms with Gasteiger partial charge in [0.15, 0.2) is 0 Å². The first-order valence-corrected chi connectivity index (χ1v) is 6.35. The predicted molar refractivity (Wildman–Crippen MR) is 58.6 cm³/mol. The molecule has 1 heterocycles. The lowest BCUT2D eigenvalue weighted by Crippen LogP contribution is -2.36. The Labute approximate surface area is 99.3 Å². The van der Waals surface area contributed by atoms with Crippen molar-refractivity contribution in [1.29, 1.82) is 0 Å². The van der Waals surface area contributed by atoms with E-state index in [4.69, 9.17) is 5.11 Å². The van der Waals surface area contributed by atoms with Gasteiger partial charge in [-0.3, -0.25) is 14.5 Å². The number of amides is 2. The Morgan fingerprint density at radius 3 is 2.12 bits per heavy atom.